The monoisotopic (exact) mass is 786 g/mol. The lowest BCUT2D eigenvalue weighted by Gasteiger charge is -2.45. The Hall–Kier alpha value is -5.32. The molecule has 0 spiro atoms. The fourth-order valence-corrected chi connectivity index (χ4v) is 11.0. The Labute approximate surface area is 356 Å². The van der Waals surface area contributed by atoms with Gasteiger partial charge < -0.3 is 9.80 Å². The van der Waals surface area contributed by atoms with Gasteiger partial charge in [-0.3, -0.25) is 0 Å². The largest absolute Gasteiger partial charge is 0.311 e. The van der Waals surface area contributed by atoms with E-state index in [9.17, 15) is 0 Å². The zero-order valence-electron chi connectivity index (χ0n) is 36.4. The minimum atomic E-state index is 0.00468. The van der Waals surface area contributed by atoms with Crippen LogP contribution in [0, 0.1) is 6.92 Å². The van der Waals surface area contributed by atoms with Gasteiger partial charge in [0.25, 0.3) is 6.71 Å². The second-order valence-electron chi connectivity index (χ2n) is 20.3. The molecule has 0 saturated carbocycles. The van der Waals surface area contributed by atoms with Gasteiger partial charge in [-0.05, 0) is 140 Å². The van der Waals surface area contributed by atoms with Gasteiger partial charge in [-0.1, -0.05) is 135 Å². The maximum absolute atomic E-state index is 2.57. The first-order valence-electron chi connectivity index (χ1n) is 21.5. The number of aryl methyl sites for hydroxylation is 2. The van der Waals surface area contributed by atoms with Crippen LogP contribution >= 0.6 is 11.3 Å². The zero-order chi connectivity index (χ0) is 41.2. The van der Waals surface area contributed by atoms with Crippen molar-refractivity contribution in [1.29, 1.82) is 0 Å². The van der Waals surface area contributed by atoms with Crippen LogP contribution in [0.3, 0.4) is 0 Å². The van der Waals surface area contributed by atoms with Crippen LogP contribution in [0.2, 0.25) is 0 Å². The predicted octanol–water partition coefficient (Wildman–Crippen LogP) is 13.6. The molecule has 0 N–H and O–H groups in total. The smallest absolute Gasteiger partial charge is 0.252 e. The number of nitrogens with zero attached hydrogens (tertiary/aromatic N) is 2. The summed E-state index contributed by atoms with van der Waals surface area (Å²) in [6, 6.07) is 47.2. The summed E-state index contributed by atoms with van der Waals surface area (Å²) in [4.78, 5) is 6.64. The van der Waals surface area contributed by atoms with E-state index in [0.29, 0.717) is 0 Å². The summed E-state index contributed by atoms with van der Waals surface area (Å²) in [7, 11) is 0. The van der Waals surface area contributed by atoms with Gasteiger partial charge in [-0.2, -0.15) is 0 Å². The van der Waals surface area contributed by atoms with E-state index < -0.39 is 0 Å². The van der Waals surface area contributed by atoms with Crippen molar-refractivity contribution >= 4 is 84.2 Å². The molecule has 3 aliphatic rings. The highest BCUT2D eigenvalue weighted by molar-refractivity contribution is 7.19. The van der Waals surface area contributed by atoms with Crippen molar-refractivity contribution in [3.63, 3.8) is 0 Å². The normalized spacial score (nSPS) is 14.8. The van der Waals surface area contributed by atoms with Gasteiger partial charge in [-0.25, -0.2) is 0 Å². The molecule has 2 nitrogen and oxygen atoms in total. The van der Waals surface area contributed by atoms with Crippen molar-refractivity contribution in [3.8, 4) is 0 Å². The third-order valence-corrected chi connectivity index (χ3v) is 14.3. The van der Waals surface area contributed by atoms with Crippen molar-refractivity contribution in [2.75, 3.05) is 9.80 Å². The van der Waals surface area contributed by atoms with Crippen molar-refractivity contribution in [1.82, 2.24) is 0 Å². The summed E-state index contributed by atoms with van der Waals surface area (Å²) in [6.07, 6.45) is 4.67. The molecular formula is C55H55BN2S. The molecular weight excluding hydrogens is 731 g/mol. The van der Waals surface area contributed by atoms with Crippen LogP contribution in [0.25, 0.3) is 15.7 Å². The maximum Gasteiger partial charge on any atom is 0.252 e. The third-order valence-electron chi connectivity index (χ3n) is 13.0. The molecule has 7 aromatic rings. The maximum atomic E-state index is 2.57. The third kappa shape index (κ3) is 6.21. The molecule has 0 bridgehead atoms. The molecule has 59 heavy (non-hydrogen) atoms. The number of benzene rings is 6. The molecule has 1 aliphatic carbocycles. The number of anilines is 6. The van der Waals surface area contributed by atoms with Crippen molar-refractivity contribution < 1.29 is 0 Å². The molecule has 3 heterocycles. The highest BCUT2D eigenvalue weighted by Gasteiger charge is 2.44. The van der Waals surface area contributed by atoms with E-state index in [0.717, 1.165) is 12.8 Å². The van der Waals surface area contributed by atoms with Crippen molar-refractivity contribution in [2.24, 2.45) is 0 Å². The van der Waals surface area contributed by atoms with Gasteiger partial charge in [0.1, 0.15) is 0 Å². The minimum absolute atomic E-state index is 0.00468. The van der Waals surface area contributed by atoms with Crippen LogP contribution in [0.15, 0.2) is 127 Å². The molecule has 0 saturated heterocycles. The topological polar surface area (TPSA) is 6.48 Å². The van der Waals surface area contributed by atoms with Crippen LogP contribution in [0.5, 0.6) is 0 Å². The van der Waals surface area contributed by atoms with Crippen molar-refractivity contribution in [2.45, 2.75) is 98.3 Å². The Balaban J connectivity index is 1.19. The Morgan fingerprint density at radius 1 is 0.542 bits per heavy atom. The lowest BCUT2D eigenvalue weighted by Crippen LogP contribution is -2.61. The predicted molar refractivity (Wildman–Crippen MR) is 259 cm³/mol. The average Bonchev–Trinajstić information content (AvgIpc) is 3.58. The summed E-state index contributed by atoms with van der Waals surface area (Å²) in [6.45, 7) is 23.3. The number of hydrogen-bond donors (Lipinski definition) is 0. The molecule has 10 rings (SSSR count). The Morgan fingerprint density at radius 2 is 1.12 bits per heavy atom. The average molecular weight is 787 g/mol. The minimum Gasteiger partial charge on any atom is -0.311 e. The highest BCUT2D eigenvalue weighted by Crippen LogP contribution is 2.47. The van der Waals surface area contributed by atoms with E-state index in [-0.39, 0.29) is 23.0 Å². The number of rotatable bonds is 3. The molecule has 294 valence electrons. The summed E-state index contributed by atoms with van der Waals surface area (Å²) in [5, 5.41) is 1.38. The van der Waals surface area contributed by atoms with Gasteiger partial charge in [0.15, 0.2) is 0 Å². The number of fused-ring (bicyclic) bond motifs is 7. The van der Waals surface area contributed by atoms with E-state index >= 15 is 0 Å². The molecule has 0 unspecified atom stereocenters. The molecule has 0 radical (unpaired) electrons. The fraction of sp³-hybridized carbons (Fsp3) is 0.273. The molecule has 1 aromatic heterocycles. The lowest BCUT2D eigenvalue weighted by atomic mass is 9.33. The van der Waals surface area contributed by atoms with Crippen LogP contribution in [-0.2, 0) is 22.7 Å². The lowest BCUT2D eigenvalue weighted by molar-refractivity contribution is 0.590. The first-order valence-corrected chi connectivity index (χ1v) is 22.3. The second kappa shape index (κ2) is 13.3. The summed E-state index contributed by atoms with van der Waals surface area (Å²) >= 11 is 1.97. The number of allylic oxidation sites excluding steroid dienone is 1. The van der Waals surface area contributed by atoms with E-state index in [1.807, 2.05) is 11.3 Å². The molecule has 0 atom stereocenters. The van der Waals surface area contributed by atoms with Crippen LogP contribution in [0.4, 0.5) is 34.1 Å². The van der Waals surface area contributed by atoms with Crippen molar-refractivity contribution in [3.05, 3.63) is 166 Å². The summed E-state index contributed by atoms with van der Waals surface area (Å²) < 4.78 is 1.38. The number of thiophene rings is 1. The van der Waals surface area contributed by atoms with Crippen LogP contribution in [0.1, 0.15) is 107 Å². The second-order valence-corrected chi connectivity index (χ2v) is 21.4. The molecule has 6 aromatic carbocycles. The van der Waals surface area contributed by atoms with E-state index in [4.69, 9.17) is 0 Å². The SMILES string of the molecule is Cc1cc2c3c(c1)N(c1ccc(C(C)(C)C)cc1)c1cc(C(C)(C)C)ccc1B3c1cc(C(C)(C)C)ccc1N2c1ccc(C2=CCCc3sc4ccccc4c32)cc1. The van der Waals surface area contributed by atoms with Gasteiger partial charge in [0, 0.05) is 54.7 Å². The van der Waals surface area contributed by atoms with E-state index in [1.165, 1.54) is 104 Å². The van der Waals surface area contributed by atoms with Gasteiger partial charge in [0.2, 0.25) is 0 Å². The van der Waals surface area contributed by atoms with E-state index in [1.54, 1.807) is 0 Å². The molecule has 2 aliphatic heterocycles. The zero-order valence-corrected chi connectivity index (χ0v) is 37.2. The Kier molecular flexibility index (Phi) is 8.58. The Bertz CT molecular complexity index is 2840. The standard InChI is InChI=1S/C55H55BN2S/c1-34-30-47-52-48(31-34)58(40-26-20-36(21-27-40)53(2,3)4)46-33-38(55(8,9)10)22-28-43(46)56(52)44-32-37(54(5,6)7)23-29-45(44)57(47)39-24-18-35(19-25-39)41-15-13-17-50-51(41)42-14-11-12-16-49(42)59-50/h11-12,14-16,18-33H,13,17H2,1-10H3. The van der Waals surface area contributed by atoms with Crippen LogP contribution < -0.4 is 26.2 Å². The Morgan fingerprint density at radius 3 is 1.78 bits per heavy atom. The molecule has 0 fully saturated rings. The highest BCUT2D eigenvalue weighted by atomic mass is 32.1. The van der Waals surface area contributed by atoms with Gasteiger partial charge >= 0.3 is 0 Å². The van der Waals surface area contributed by atoms with Gasteiger partial charge in [-0.15, -0.1) is 11.3 Å². The first-order chi connectivity index (χ1) is 28.1. The summed E-state index contributed by atoms with van der Waals surface area (Å²) in [5.74, 6) is 0. The fourth-order valence-electron chi connectivity index (χ4n) is 9.80. The van der Waals surface area contributed by atoms with Crippen LogP contribution in [-0.4, -0.2) is 6.71 Å². The molecule has 4 heteroatoms. The van der Waals surface area contributed by atoms with E-state index in [2.05, 4.69) is 206 Å². The van der Waals surface area contributed by atoms with Gasteiger partial charge in [0.05, 0.1) is 0 Å². The number of hydrogen-bond acceptors (Lipinski definition) is 3. The first kappa shape index (κ1) is 37.9. The molecule has 0 amide bonds. The quantitative estimate of drug-likeness (QED) is 0.165. The summed E-state index contributed by atoms with van der Waals surface area (Å²) in [5.41, 5.74) is 21.0.